The Bertz CT molecular complexity index is 647. The number of rotatable bonds is 5. The van der Waals surface area contributed by atoms with Gasteiger partial charge in [-0.2, -0.15) is 0 Å². The maximum Gasteiger partial charge on any atom is 0.265 e. The van der Waals surface area contributed by atoms with Crippen LogP contribution >= 0.6 is 0 Å². The molecular formula is C15H15FN2O3. The van der Waals surface area contributed by atoms with Gasteiger partial charge in [0.2, 0.25) is 0 Å². The number of halogens is 1. The van der Waals surface area contributed by atoms with E-state index in [-0.39, 0.29) is 17.7 Å². The molecule has 21 heavy (non-hydrogen) atoms. The number of nitrogens with two attached hydrogens (primary N) is 1. The smallest absolute Gasteiger partial charge is 0.265 e. The maximum atomic E-state index is 13.7. The van der Waals surface area contributed by atoms with Gasteiger partial charge in [-0.1, -0.05) is 6.07 Å². The summed E-state index contributed by atoms with van der Waals surface area (Å²) in [7, 11) is 1.55. The summed E-state index contributed by atoms with van der Waals surface area (Å²) in [5, 5.41) is 0. The molecule has 0 heterocycles. The standard InChI is InChI=1S/C15H15FN2O3/c1-20-12-3-2-4-13(8-12)21-9-11-7-10(15(19)18-17)5-6-14(11)16/h2-8H,9,17H2,1H3,(H,18,19). The number of hydrogen-bond acceptors (Lipinski definition) is 4. The lowest BCUT2D eigenvalue weighted by atomic mass is 10.1. The molecule has 2 rings (SSSR count). The Kier molecular flexibility index (Phi) is 4.73. The zero-order chi connectivity index (χ0) is 15.2. The van der Waals surface area contributed by atoms with E-state index in [1.54, 1.807) is 31.4 Å². The fraction of sp³-hybridized carbons (Fsp3) is 0.133. The quantitative estimate of drug-likeness (QED) is 0.502. The van der Waals surface area contributed by atoms with Crippen molar-refractivity contribution in [1.82, 2.24) is 5.43 Å². The molecule has 0 aliphatic carbocycles. The molecule has 0 spiro atoms. The predicted octanol–water partition coefficient (Wildman–Crippen LogP) is 2.02. The zero-order valence-corrected chi connectivity index (χ0v) is 11.4. The van der Waals surface area contributed by atoms with E-state index in [4.69, 9.17) is 15.3 Å². The third-order valence-corrected chi connectivity index (χ3v) is 2.87. The van der Waals surface area contributed by atoms with Crippen molar-refractivity contribution in [2.75, 3.05) is 7.11 Å². The first-order valence-corrected chi connectivity index (χ1v) is 6.20. The lowest BCUT2D eigenvalue weighted by Gasteiger charge is -2.09. The summed E-state index contributed by atoms with van der Waals surface area (Å²) in [6.45, 7) is -0.00923. The molecule has 5 nitrogen and oxygen atoms in total. The van der Waals surface area contributed by atoms with E-state index in [0.717, 1.165) is 0 Å². The Hall–Kier alpha value is -2.60. The van der Waals surface area contributed by atoms with Crippen molar-refractivity contribution in [2.45, 2.75) is 6.61 Å². The minimum absolute atomic E-state index is 0.00923. The summed E-state index contributed by atoms with van der Waals surface area (Å²) in [4.78, 5) is 11.4. The number of amides is 1. The van der Waals surface area contributed by atoms with Gasteiger partial charge in [-0.15, -0.1) is 0 Å². The fourth-order valence-electron chi connectivity index (χ4n) is 1.76. The normalized spacial score (nSPS) is 10.0. The van der Waals surface area contributed by atoms with Gasteiger partial charge in [-0.25, -0.2) is 10.2 Å². The number of nitrogen functional groups attached to an aromatic ring is 1. The molecule has 0 atom stereocenters. The first-order chi connectivity index (χ1) is 10.1. The molecule has 2 aromatic carbocycles. The average molecular weight is 290 g/mol. The molecule has 6 heteroatoms. The van der Waals surface area contributed by atoms with E-state index in [1.165, 1.54) is 18.2 Å². The van der Waals surface area contributed by atoms with E-state index in [0.29, 0.717) is 11.5 Å². The highest BCUT2D eigenvalue weighted by atomic mass is 19.1. The van der Waals surface area contributed by atoms with Gasteiger partial charge in [0.15, 0.2) is 0 Å². The highest BCUT2D eigenvalue weighted by Gasteiger charge is 2.09. The van der Waals surface area contributed by atoms with Crippen molar-refractivity contribution in [2.24, 2.45) is 5.84 Å². The molecule has 0 aliphatic rings. The lowest BCUT2D eigenvalue weighted by molar-refractivity contribution is 0.0953. The van der Waals surface area contributed by atoms with Gasteiger partial charge in [0.05, 0.1) is 7.11 Å². The molecule has 1 amide bonds. The Labute approximate surface area is 121 Å². The number of carbonyl (C=O) groups excluding carboxylic acids is 1. The minimum Gasteiger partial charge on any atom is -0.497 e. The van der Waals surface area contributed by atoms with E-state index in [1.807, 2.05) is 5.43 Å². The number of carbonyl (C=O) groups is 1. The maximum absolute atomic E-state index is 13.7. The van der Waals surface area contributed by atoms with Crippen molar-refractivity contribution in [1.29, 1.82) is 0 Å². The highest BCUT2D eigenvalue weighted by molar-refractivity contribution is 5.93. The monoisotopic (exact) mass is 290 g/mol. The van der Waals surface area contributed by atoms with Gasteiger partial charge in [0.25, 0.3) is 5.91 Å². The Morgan fingerprint density at radius 1 is 1.24 bits per heavy atom. The van der Waals surface area contributed by atoms with Crippen molar-refractivity contribution >= 4 is 5.91 Å². The van der Waals surface area contributed by atoms with Crippen molar-refractivity contribution in [3.8, 4) is 11.5 Å². The molecule has 110 valence electrons. The van der Waals surface area contributed by atoms with Gasteiger partial charge in [0.1, 0.15) is 23.9 Å². The first kappa shape index (κ1) is 14.8. The topological polar surface area (TPSA) is 73.6 Å². The molecule has 0 unspecified atom stereocenters. The van der Waals surface area contributed by atoms with Gasteiger partial charge in [-0.3, -0.25) is 10.2 Å². The Morgan fingerprint density at radius 2 is 2.00 bits per heavy atom. The van der Waals surface area contributed by atoms with E-state index < -0.39 is 11.7 Å². The van der Waals surface area contributed by atoms with Crippen LogP contribution in [0.4, 0.5) is 4.39 Å². The van der Waals surface area contributed by atoms with Crippen LogP contribution in [0.15, 0.2) is 42.5 Å². The summed E-state index contributed by atoms with van der Waals surface area (Å²) in [6.07, 6.45) is 0. The summed E-state index contributed by atoms with van der Waals surface area (Å²) in [6, 6.07) is 10.9. The number of methoxy groups -OCH3 is 1. The van der Waals surface area contributed by atoms with Crippen LogP contribution in [0.1, 0.15) is 15.9 Å². The first-order valence-electron chi connectivity index (χ1n) is 6.20. The molecule has 0 aromatic heterocycles. The van der Waals surface area contributed by atoms with Crippen LogP contribution in [-0.2, 0) is 6.61 Å². The molecule has 0 saturated carbocycles. The summed E-state index contributed by atoms with van der Waals surface area (Å²) >= 11 is 0. The molecule has 0 saturated heterocycles. The van der Waals surface area contributed by atoms with Gasteiger partial charge < -0.3 is 9.47 Å². The Morgan fingerprint density at radius 3 is 2.71 bits per heavy atom. The number of benzene rings is 2. The number of hydrogen-bond donors (Lipinski definition) is 2. The van der Waals surface area contributed by atoms with E-state index in [2.05, 4.69) is 0 Å². The van der Waals surface area contributed by atoms with Crippen molar-refractivity contribution in [3.05, 3.63) is 59.4 Å². The molecule has 0 radical (unpaired) electrons. The summed E-state index contributed by atoms with van der Waals surface area (Å²) in [5.41, 5.74) is 2.53. The second-order valence-corrected chi connectivity index (χ2v) is 4.25. The molecular weight excluding hydrogens is 275 g/mol. The summed E-state index contributed by atoms with van der Waals surface area (Å²) in [5.74, 6) is 5.30. The van der Waals surface area contributed by atoms with Crippen LogP contribution in [0.5, 0.6) is 11.5 Å². The van der Waals surface area contributed by atoms with Crippen LogP contribution in [0.3, 0.4) is 0 Å². The van der Waals surface area contributed by atoms with E-state index in [9.17, 15) is 9.18 Å². The second kappa shape index (κ2) is 6.71. The third-order valence-electron chi connectivity index (χ3n) is 2.87. The molecule has 0 fully saturated rings. The number of nitrogens with one attached hydrogen (secondary N) is 1. The fourth-order valence-corrected chi connectivity index (χ4v) is 1.76. The predicted molar refractivity (Wildman–Crippen MR) is 75.4 cm³/mol. The number of ether oxygens (including phenoxy) is 2. The van der Waals surface area contributed by atoms with Crippen LogP contribution < -0.4 is 20.7 Å². The SMILES string of the molecule is COc1cccc(OCc2cc(C(=O)NN)ccc2F)c1. The van der Waals surface area contributed by atoms with Crippen LogP contribution in [0.25, 0.3) is 0 Å². The second-order valence-electron chi connectivity index (χ2n) is 4.25. The van der Waals surface area contributed by atoms with E-state index >= 15 is 0 Å². The van der Waals surface area contributed by atoms with Gasteiger partial charge in [0, 0.05) is 17.2 Å². The lowest BCUT2D eigenvalue weighted by Crippen LogP contribution is -2.30. The van der Waals surface area contributed by atoms with Crippen molar-refractivity contribution in [3.63, 3.8) is 0 Å². The Balaban J connectivity index is 2.13. The van der Waals surface area contributed by atoms with Gasteiger partial charge >= 0.3 is 0 Å². The van der Waals surface area contributed by atoms with Crippen LogP contribution in [-0.4, -0.2) is 13.0 Å². The zero-order valence-electron chi connectivity index (χ0n) is 11.4. The third kappa shape index (κ3) is 3.70. The minimum atomic E-state index is -0.488. The number of hydrazine groups is 1. The van der Waals surface area contributed by atoms with Gasteiger partial charge in [-0.05, 0) is 30.3 Å². The summed E-state index contributed by atoms with van der Waals surface area (Å²) < 4.78 is 24.3. The largest absolute Gasteiger partial charge is 0.497 e. The molecule has 2 aromatic rings. The van der Waals surface area contributed by atoms with Crippen LogP contribution in [0.2, 0.25) is 0 Å². The molecule has 0 aliphatic heterocycles. The molecule has 3 N–H and O–H groups in total. The van der Waals surface area contributed by atoms with Crippen molar-refractivity contribution < 1.29 is 18.7 Å². The van der Waals surface area contributed by atoms with Crippen LogP contribution in [0, 0.1) is 5.82 Å². The molecule has 0 bridgehead atoms. The average Bonchev–Trinajstić information content (AvgIpc) is 2.53. The highest BCUT2D eigenvalue weighted by Crippen LogP contribution is 2.21.